The van der Waals surface area contributed by atoms with Crippen LogP contribution in [0, 0.1) is 6.92 Å². The summed E-state index contributed by atoms with van der Waals surface area (Å²) in [6.07, 6.45) is 0. The monoisotopic (exact) mass is 367 g/mol. The molecule has 1 N–H and O–H groups in total. The van der Waals surface area contributed by atoms with Gasteiger partial charge in [0.05, 0.1) is 16.8 Å². The third kappa shape index (κ3) is 3.68. The van der Waals surface area contributed by atoms with Gasteiger partial charge in [0.15, 0.2) is 5.69 Å². The molecule has 0 aliphatic carbocycles. The van der Waals surface area contributed by atoms with Crippen LogP contribution in [0.3, 0.4) is 0 Å². The van der Waals surface area contributed by atoms with Crippen LogP contribution in [0.25, 0.3) is 5.69 Å². The van der Waals surface area contributed by atoms with E-state index in [-0.39, 0.29) is 11.7 Å². The molecule has 0 saturated carbocycles. The van der Waals surface area contributed by atoms with E-state index in [4.69, 9.17) is 11.6 Å². The lowest BCUT2D eigenvalue weighted by molar-refractivity contribution is 0.0932. The fourth-order valence-electron chi connectivity index (χ4n) is 2.66. The van der Waals surface area contributed by atoms with Crippen molar-refractivity contribution in [2.75, 3.05) is 0 Å². The largest absolute Gasteiger partial charge is 0.344 e. The average molecular weight is 368 g/mol. The molecule has 0 saturated heterocycles. The zero-order chi connectivity index (χ0) is 18.7. The van der Waals surface area contributed by atoms with Gasteiger partial charge in [0.25, 0.3) is 5.91 Å². The molecule has 3 aromatic rings. The first kappa shape index (κ1) is 17.9. The molecule has 0 unspecified atom stereocenters. The maximum atomic E-state index is 12.6. The molecule has 1 atom stereocenters. The molecular weight excluding hydrogens is 350 g/mol. The van der Waals surface area contributed by atoms with Gasteiger partial charge >= 0.3 is 0 Å². The summed E-state index contributed by atoms with van der Waals surface area (Å²) in [6.45, 7) is 3.60. The standard InChI is InChI=1S/C20H18ClN3O2/c1-13-12-18(25)19(23-24(13)17-11-7-6-10-16(17)21)20(26)22-14(2)15-8-4-3-5-9-15/h3-12,14H,1-2H3,(H,22,26)/t14-/m1/s1. The number of hydrogen-bond donors (Lipinski definition) is 1. The molecule has 26 heavy (non-hydrogen) atoms. The molecule has 3 rings (SSSR count). The van der Waals surface area contributed by atoms with Crippen LogP contribution in [0.1, 0.15) is 34.7 Å². The minimum absolute atomic E-state index is 0.168. The Labute approximate surface area is 156 Å². The minimum Gasteiger partial charge on any atom is -0.344 e. The number of carbonyl (C=O) groups is 1. The van der Waals surface area contributed by atoms with Crippen molar-refractivity contribution in [2.24, 2.45) is 0 Å². The first-order valence-electron chi connectivity index (χ1n) is 8.19. The SMILES string of the molecule is Cc1cc(=O)c(C(=O)N[C@H](C)c2ccccc2)nn1-c1ccccc1Cl. The van der Waals surface area contributed by atoms with Crippen molar-refractivity contribution in [3.63, 3.8) is 0 Å². The van der Waals surface area contributed by atoms with E-state index >= 15 is 0 Å². The zero-order valence-electron chi connectivity index (χ0n) is 14.4. The topological polar surface area (TPSA) is 64.0 Å². The molecule has 6 heteroatoms. The Hall–Kier alpha value is -2.92. The Kier molecular flexibility index (Phi) is 5.19. The first-order chi connectivity index (χ1) is 12.5. The van der Waals surface area contributed by atoms with Crippen LogP contribution < -0.4 is 10.7 Å². The number of nitrogens with zero attached hydrogens (tertiary/aromatic N) is 2. The molecule has 0 aliphatic rings. The van der Waals surface area contributed by atoms with E-state index in [2.05, 4.69) is 10.4 Å². The van der Waals surface area contributed by atoms with Crippen LogP contribution in [0.2, 0.25) is 5.02 Å². The van der Waals surface area contributed by atoms with E-state index in [9.17, 15) is 9.59 Å². The molecule has 132 valence electrons. The summed E-state index contributed by atoms with van der Waals surface area (Å²) < 4.78 is 1.51. The van der Waals surface area contributed by atoms with Crippen LogP contribution in [0.15, 0.2) is 65.5 Å². The maximum absolute atomic E-state index is 12.6. The number of carbonyl (C=O) groups excluding carboxylic acids is 1. The third-order valence-electron chi connectivity index (χ3n) is 4.05. The molecular formula is C20H18ClN3O2. The summed E-state index contributed by atoms with van der Waals surface area (Å²) in [7, 11) is 0. The lowest BCUT2D eigenvalue weighted by Gasteiger charge is -2.15. The van der Waals surface area contributed by atoms with Crippen molar-refractivity contribution in [1.29, 1.82) is 0 Å². The number of halogens is 1. The van der Waals surface area contributed by atoms with Crippen molar-refractivity contribution in [3.8, 4) is 5.69 Å². The number of benzene rings is 2. The van der Waals surface area contributed by atoms with Gasteiger partial charge in [0.2, 0.25) is 5.43 Å². The second kappa shape index (κ2) is 7.54. The second-order valence-corrected chi connectivity index (χ2v) is 6.37. The summed E-state index contributed by atoms with van der Waals surface area (Å²) in [5.41, 5.74) is 1.55. The van der Waals surface area contributed by atoms with E-state index in [1.165, 1.54) is 10.7 Å². The zero-order valence-corrected chi connectivity index (χ0v) is 15.2. The molecule has 1 aromatic heterocycles. The highest BCUT2D eigenvalue weighted by Crippen LogP contribution is 2.20. The predicted octanol–water partition coefficient (Wildman–Crippen LogP) is 3.69. The summed E-state index contributed by atoms with van der Waals surface area (Å²) in [6, 6.07) is 17.8. The van der Waals surface area contributed by atoms with Gasteiger partial charge in [-0.2, -0.15) is 5.10 Å². The number of para-hydroxylation sites is 1. The van der Waals surface area contributed by atoms with Crippen molar-refractivity contribution in [2.45, 2.75) is 19.9 Å². The van der Waals surface area contributed by atoms with Crippen molar-refractivity contribution in [1.82, 2.24) is 15.1 Å². The number of aryl methyl sites for hydroxylation is 1. The molecule has 1 heterocycles. The molecule has 0 radical (unpaired) electrons. The highest BCUT2D eigenvalue weighted by Gasteiger charge is 2.18. The maximum Gasteiger partial charge on any atom is 0.276 e. The van der Waals surface area contributed by atoms with Crippen LogP contribution in [-0.2, 0) is 0 Å². The Morgan fingerprint density at radius 2 is 1.77 bits per heavy atom. The van der Waals surface area contributed by atoms with Gasteiger partial charge in [-0.15, -0.1) is 0 Å². The number of aromatic nitrogens is 2. The first-order valence-corrected chi connectivity index (χ1v) is 8.57. The van der Waals surface area contributed by atoms with Crippen LogP contribution in [-0.4, -0.2) is 15.7 Å². The van der Waals surface area contributed by atoms with Gasteiger partial charge in [0.1, 0.15) is 0 Å². The van der Waals surface area contributed by atoms with Gasteiger partial charge in [-0.3, -0.25) is 9.59 Å². The summed E-state index contributed by atoms with van der Waals surface area (Å²) >= 11 is 6.23. The summed E-state index contributed by atoms with van der Waals surface area (Å²) in [5.74, 6) is -0.521. The highest BCUT2D eigenvalue weighted by molar-refractivity contribution is 6.32. The number of nitrogens with one attached hydrogen (secondary N) is 1. The fraction of sp³-hybridized carbons (Fsp3) is 0.150. The highest BCUT2D eigenvalue weighted by atomic mass is 35.5. The predicted molar refractivity (Wildman–Crippen MR) is 102 cm³/mol. The van der Waals surface area contributed by atoms with E-state index < -0.39 is 11.3 Å². The minimum atomic E-state index is -0.521. The third-order valence-corrected chi connectivity index (χ3v) is 4.37. The molecule has 2 aromatic carbocycles. The molecule has 0 spiro atoms. The van der Waals surface area contributed by atoms with Crippen molar-refractivity contribution < 1.29 is 4.79 Å². The van der Waals surface area contributed by atoms with Crippen LogP contribution in [0.4, 0.5) is 0 Å². The van der Waals surface area contributed by atoms with E-state index in [0.717, 1.165) is 5.56 Å². The molecule has 0 aliphatic heterocycles. The molecule has 1 amide bonds. The van der Waals surface area contributed by atoms with Gasteiger partial charge < -0.3 is 5.32 Å². The molecule has 0 bridgehead atoms. The Morgan fingerprint density at radius 1 is 1.12 bits per heavy atom. The average Bonchev–Trinajstić information content (AvgIpc) is 2.63. The quantitative estimate of drug-likeness (QED) is 0.765. The Morgan fingerprint density at radius 3 is 2.46 bits per heavy atom. The van der Waals surface area contributed by atoms with Crippen molar-refractivity contribution in [3.05, 3.63) is 92.9 Å². The van der Waals surface area contributed by atoms with Gasteiger partial charge in [-0.1, -0.05) is 54.1 Å². The Bertz CT molecular complexity index is 999. The van der Waals surface area contributed by atoms with Crippen LogP contribution >= 0.6 is 11.6 Å². The number of amides is 1. The lowest BCUT2D eigenvalue weighted by atomic mass is 10.1. The smallest absolute Gasteiger partial charge is 0.276 e. The van der Waals surface area contributed by atoms with Gasteiger partial charge in [-0.05, 0) is 31.5 Å². The van der Waals surface area contributed by atoms with Crippen molar-refractivity contribution >= 4 is 17.5 Å². The number of hydrogen-bond acceptors (Lipinski definition) is 3. The number of rotatable bonds is 4. The van der Waals surface area contributed by atoms with Gasteiger partial charge in [-0.25, -0.2) is 4.68 Å². The normalized spacial score (nSPS) is 11.8. The second-order valence-electron chi connectivity index (χ2n) is 5.97. The van der Waals surface area contributed by atoms with Gasteiger partial charge in [0, 0.05) is 11.8 Å². The lowest BCUT2D eigenvalue weighted by Crippen LogP contribution is -2.33. The van der Waals surface area contributed by atoms with Crippen LogP contribution in [0.5, 0.6) is 0 Å². The Balaban J connectivity index is 1.95. The van der Waals surface area contributed by atoms with E-state index in [1.54, 1.807) is 25.1 Å². The summed E-state index contributed by atoms with van der Waals surface area (Å²) in [5, 5.41) is 7.56. The summed E-state index contributed by atoms with van der Waals surface area (Å²) in [4.78, 5) is 24.9. The van der Waals surface area contributed by atoms with E-state index in [1.807, 2.05) is 43.3 Å². The fourth-order valence-corrected chi connectivity index (χ4v) is 2.88. The molecule has 5 nitrogen and oxygen atoms in total. The van der Waals surface area contributed by atoms with E-state index in [0.29, 0.717) is 16.4 Å². The molecule has 0 fully saturated rings.